The molecule has 0 N–H and O–H groups in total. The lowest BCUT2D eigenvalue weighted by Gasteiger charge is -2.11. The van der Waals surface area contributed by atoms with Gasteiger partial charge in [0.25, 0.3) is 5.56 Å². The molecular weight excluding hydrogens is 343 g/mol. The van der Waals surface area contributed by atoms with E-state index in [-0.39, 0.29) is 11.5 Å². The second-order valence-corrected chi connectivity index (χ2v) is 6.70. The van der Waals surface area contributed by atoms with E-state index in [0.29, 0.717) is 16.0 Å². The molecule has 0 aliphatic carbocycles. The zero-order valence-electron chi connectivity index (χ0n) is 14.1. The summed E-state index contributed by atoms with van der Waals surface area (Å²) in [4.78, 5) is 33.7. The second kappa shape index (κ2) is 6.79. The van der Waals surface area contributed by atoms with Crippen molar-refractivity contribution in [3.63, 3.8) is 0 Å². The summed E-state index contributed by atoms with van der Waals surface area (Å²) in [5.74, 6) is 0.649. The Kier molecular flexibility index (Phi) is 4.71. The number of benzene rings is 1. The van der Waals surface area contributed by atoms with Crippen molar-refractivity contribution in [2.75, 3.05) is 5.75 Å². The molecule has 0 bridgehead atoms. The number of fused-ring (bicyclic) bond motifs is 1. The third-order valence-corrected chi connectivity index (χ3v) is 4.97. The highest BCUT2D eigenvalue weighted by Gasteiger charge is 2.18. The van der Waals surface area contributed by atoms with E-state index in [1.54, 1.807) is 19.2 Å². The van der Waals surface area contributed by atoms with Crippen LogP contribution in [0.15, 0.2) is 38.9 Å². The molecule has 1 aromatic carbocycles. The molecule has 0 aliphatic rings. The Bertz CT molecular complexity index is 1070. The quantitative estimate of drug-likeness (QED) is 0.528. The van der Waals surface area contributed by atoms with E-state index in [1.165, 1.54) is 35.5 Å². The minimum absolute atomic E-state index is 0.251. The van der Waals surface area contributed by atoms with E-state index in [9.17, 15) is 14.0 Å². The monoisotopic (exact) mass is 360 g/mol. The lowest BCUT2D eigenvalue weighted by molar-refractivity contribution is 0.628. The van der Waals surface area contributed by atoms with Gasteiger partial charge >= 0.3 is 5.69 Å². The molecule has 0 saturated carbocycles. The average Bonchev–Trinajstić information content (AvgIpc) is 2.62. The smallest absolute Gasteiger partial charge is 0.280 e. The van der Waals surface area contributed by atoms with Crippen molar-refractivity contribution >= 4 is 22.8 Å². The molecule has 130 valence electrons. The van der Waals surface area contributed by atoms with Crippen LogP contribution in [0.1, 0.15) is 13.3 Å². The Hall–Kier alpha value is -2.48. The fraction of sp³-hybridized carbons (Fsp3) is 0.294. The Morgan fingerprint density at radius 2 is 1.92 bits per heavy atom. The maximum atomic E-state index is 13.6. The van der Waals surface area contributed by atoms with Crippen molar-refractivity contribution in [1.29, 1.82) is 0 Å². The van der Waals surface area contributed by atoms with Gasteiger partial charge in [-0.3, -0.25) is 13.9 Å². The Labute approximate surface area is 147 Å². The Morgan fingerprint density at radius 1 is 1.16 bits per heavy atom. The summed E-state index contributed by atoms with van der Waals surface area (Å²) in [6.07, 6.45) is 0.900. The molecule has 0 radical (unpaired) electrons. The minimum atomic E-state index is -0.465. The van der Waals surface area contributed by atoms with Gasteiger partial charge in [-0.05, 0) is 24.3 Å². The Morgan fingerprint density at radius 3 is 2.60 bits per heavy atom. The topological polar surface area (TPSA) is 69.8 Å². The van der Waals surface area contributed by atoms with Gasteiger partial charge in [0.1, 0.15) is 16.2 Å². The van der Waals surface area contributed by atoms with Crippen molar-refractivity contribution in [2.45, 2.75) is 18.4 Å². The second-order valence-electron chi connectivity index (χ2n) is 5.62. The molecule has 2 aromatic heterocycles. The lowest BCUT2D eigenvalue weighted by atomic mass is 10.2. The number of aryl methyl sites for hydroxylation is 1. The third-order valence-electron chi connectivity index (χ3n) is 3.79. The predicted octanol–water partition coefficient (Wildman–Crippen LogP) is 2.34. The van der Waals surface area contributed by atoms with Crippen LogP contribution in [0.5, 0.6) is 0 Å². The van der Waals surface area contributed by atoms with Gasteiger partial charge < -0.3 is 0 Å². The molecular formula is C17H17FN4O2S. The van der Waals surface area contributed by atoms with E-state index in [1.807, 2.05) is 6.92 Å². The molecule has 2 heterocycles. The summed E-state index contributed by atoms with van der Waals surface area (Å²) in [6, 6.07) is 5.93. The third kappa shape index (κ3) is 3.09. The zero-order chi connectivity index (χ0) is 18.1. The van der Waals surface area contributed by atoms with Crippen molar-refractivity contribution < 1.29 is 4.39 Å². The first-order chi connectivity index (χ1) is 11.9. The molecule has 0 amide bonds. The van der Waals surface area contributed by atoms with E-state index in [0.717, 1.165) is 16.7 Å². The van der Waals surface area contributed by atoms with Gasteiger partial charge in [-0.25, -0.2) is 19.2 Å². The van der Waals surface area contributed by atoms with Crippen LogP contribution in [0.25, 0.3) is 22.4 Å². The maximum absolute atomic E-state index is 13.6. The van der Waals surface area contributed by atoms with Crippen LogP contribution >= 0.6 is 11.8 Å². The summed E-state index contributed by atoms with van der Waals surface area (Å²) in [6.45, 7) is 2.03. The van der Waals surface area contributed by atoms with E-state index >= 15 is 0 Å². The molecule has 0 aliphatic heterocycles. The minimum Gasteiger partial charge on any atom is -0.280 e. The fourth-order valence-corrected chi connectivity index (χ4v) is 3.36. The average molecular weight is 360 g/mol. The van der Waals surface area contributed by atoms with Crippen LogP contribution in [-0.2, 0) is 14.1 Å². The van der Waals surface area contributed by atoms with Gasteiger partial charge in [0.15, 0.2) is 11.5 Å². The summed E-state index contributed by atoms with van der Waals surface area (Å²) in [7, 11) is 2.99. The van der Waals surface area contributed by atoms with E-state index < -0.39 is 17.1 Å². The summed E-state index contributed by atoms with van der Waals surface area (Å²) >= 11 is 1.43. The van der Waals surface area contributed by atoms with Crippen molar-refractivity contribution in [2.24, 2.45) is 14.1 Å². The van der Waals surface area contributed by atoms with E-state index in [2.05, 4.69) is 9.97 Å². The van der Waals surface area contributed by atoms with Gasteiger partial charge in [0.2, 0.25) is 0 Å². The number of rotatable bonds is 4. The van der Waals surface area contributed by atoms with Crippen molar-refractivity contribution in [3.05, 3.63) is 50.9 Å². The molecule has 8 heteroatoms. The highest BCUT2D eigenvalue weighted by molar-refractivity contribution is 7.99. The Balaban J connectivity index is 2.39. The van der Waals surface area contributed by atoms with E-state index in [4.69, 9.17) is 0 Å². The molecule has 0 spiro atoms. The normalized spacial score (nSPS) is 11.2. The first kappa shape index (κ1) is 17.3. The van der Waals surface area contributed by atoms with Crippen molar-refractivity contribution in [1.82, 2.24) is 19.1 Å². The largest absolute Gasteiger partial charge is 0.332 e. The van der Waals surface area contributed by atoms with Crippen LogP contribution < -0.4 is 11.2 Å². The van der Waals surface area contributed by atoms with Gasteiger partial charge in [-0.1, -0.05) is 19.1 Å². The van der Waals surface area contributed by atoms with Crippen LogP contribution in [0.2, 0.25) is 0 Å². The number of halogens is 1. The molecule has 6 nitrogen and oxygen atoms in total. The number of nitrogens with zero attached hydrogens (tertiary/aromatic N) is 4. The standard InChI is InChI=1S/C17H17FN4O2S/c1-4-8-25-15-12-14(21(2)17(24)22(3)16(12)23)19-13(20-15)10-6-5-7-11(18)9-10/h5-7,9H,4,8H2,1-3H3. The molecule has 0 unspecified atom stereocenters. The molecule has 3 rings (SSSR count). The predicted molar refractivity (Wildman–Crippen MR) is 96.4 cm³/mol. The summed E-state index contributed by atoms with van der Waals surface area (Å²) in [5.41, 5.74) is -0.148. The first-order valence-corrected chi connectivity index (χ1v) is 8.79. The summed E-state index contributed by atoms with van der Waals surface area (Å²) < 4.78 is 15.9. The molecule has 0 atom stereocenters. The fourth-order valence-electron chi connectivity index (χ4n) is 2.49. The first-order valence-electron chi connectivity index (χ1n) is 7.80. The highest BCUT2D eigenvalue weighted by Crippen LogP contribution is 2.26. The molecule has 0 saturated heterocycles. The highest BCUT2D eigenvalue weighted by atomic mass is 32.2. The lowest BCUT2D eigenvalue weighted by Crippen LogP contribution is -2.37. The SMILES string of the molecule is CCCSc1nc(-c2cccc(F)c2)nc2c1c(=O)n(C)c(=O)n2C. The van der Waals surface area contributed by atoms with Crippen LogP contribution in [0.4, 0.5) is 4.39 Å². The van der Waals surface area contributed by atoms with Gasteiger partial charge in [-0.2, -0.15) is 0 Å². The van der Waals surface area contributed by atoms with Crippen LogP contribution in [-0.4, -0.2) is 24.9 Å². The number of aromatic nitrogens is 4. The number of hydrogen-bond acceptors (Lipinski definition) is 5. The maximum Gasteiger partial charge on any atom is 0.332 e. The number of thioether (sulfide) groups is 1. The van der Waals surface area contributed by atoms with Crippen LogP contribution in [0, 0.1) is 5.82 Å². The number of hydrogen-bond donors (Lipinski definition) is 0. The van der Waals surface area contributed by atoms with Crippen molar-refractivity contribution in [3.8, 4) is 11.4 Å². The summed E-state index contributed by atoms with van der Waals surface area (Å²) in [5, 5.41) is 0.811. The molecule has 0 fully saturated rings. The molecule has 25 heavy (non-hydrogen) atoms. The molecule has 3 aromatic rings. The van der Waals surface area contributed by atoms with Gasteiger partial charge in [-0.15, -0.1) is 11.8 Å². The van der Waals surface area contributed by atoms with Gasteiger partial charge in [0.05, 0.1) is 0 Å². The van der Waals surface area contributed by atoms with Crippen LogP contribution in [0.3, 0.4) is 0 Å². The van der Waals surface area contributed by atoms with Gasteiger partial charge in [0, 0.05) is 19.7 Å². The zero-order valence-corrected chi connectivity index (χ0v) is 14.9.